The molecule has 1 aliphatic rings. The average Bonchev–Trinajstić information content (AvgIpc) is 3.24. The number of rotatable bonds is 4. The highest BCUT2D eigenvalue weighted by Gasteiger charge is 2.32. The van der Waals surface area contributed by atoms with Gasteiger partial charge >= 0.3 is 0 Å². The smallest absolute Gasteiger partial charge is 0.232 e. The van der Waals surface area contributed by atoms with E-state index in [4.69, 9.17) is 22.1 Å². The highest BCUT2D eigenvalue weighted by Crippen LogP contribution is 2.39. The lowest BCUT2D eigenvalue weighted by Gasteiger charge is -2.23. The van der Waals surface area contributed by atoms with Gasteiger partial charge in [-0.05, 0) is 37.1 Å². The number of nitrogens with two attached hydrogens (primary N) is 1. The van der Waals surface area contributed by atoms with Crippen molar-refractivity contribution in [3.63, 3.8) is 0 Å². The lowest BCUT2D eigenvalue weighted by atomic mass is 10.2. The first-order valence-corrected chi connectivity index (χ1v) is 6.78. The van der Waals surface area contributed by atoms with Crippen LogP contribution in [0.3, 0.4) is 0 Å². The summed E-state index contributed by atoms with van der Waals surface area (Å²) in [4.78, 5) is 10.7. The van der Waals surface area contributed by atoms with E-state index < -0.39 is 0 Å². The quantitative estimate of drug-likeness (QED) is 0.937. The number of methoxy groups -OCH3 is 1. The first-order chi connectivity index (χ1) is 9.69. The molecule has 0 saturated heterocycles. The van der Waals surface area contributed by atoms with Gasteiger partial charge in [-0.2, -0.15) is 4.98 Å². The fourth-order valence-corrected chi connectivity index (χ4v) is 2.36. The number of hydrogen-bond acceptors (Lipinski definition) is 5. The molecule has 0 bridgehead atoms. The molecule has 3 rings (SSSR count). The maximum Gasteiger partial charge on any atom is 0.232 e. The van der Waals surface area contributed by atoms with Gasteiger partial charge in [0.1, 0.15) is 11.6 Å². The third kappa shape index (κ3) is 2.49. The van der Waals surface area contributed by atoms with Crippen LogP contribution in [0.2, 0.25) is 5.02 Å². The van der Waals surface area contributed by atoms with Gasteiger partial charge in [0, 0.05) is 17.9 Å². The van der Waals surface area contributed by atoms with Crippen molar-refractivity contribution in [2.24, 2.45) is 0 Å². The molecule has 1 saturated carbocycles. The van der Waals surface area contributed by atoms with Crippen LogP contribution in [-0.4, -0.2) is 23.1 Å². The molecule has 6 heteroatoms. The van der Waals surface area contributed by atoms with Gasteiger partial charge in [0.15, 0.2) is 0 Å². The molecule has 0 unspecified atom stereocenters. The van der Waals surface area contributed by atoms with Crippen molar-refractivity contribution in [2.75, 3.05) is 17.7 Å². The molecule has 0 spiro atoms. The Labute approximate surface area is 122 Å². The van der Waals surface area contributed by atoms with Crippen LogP contribution in [0.1, 0.15) is 12.8 Å². The number of ether oxygens (including phenoxy) is 1. The van der Waals surface area contributed by atoms with Crippen LogP contribution in [0.5, 0.6) is 5.75 Å². The molecule has 1 aromatic carbocycles. The first-order valence-electron chi connectivity index (χ1n) is 6.40. The van der Waals surface area contributed by atoms with E-state index in [1.54, 1.807) is 19.4 Å². The van der Waals surface area contributed by atoms with Gasteiger partial charge in [-0.25, -0.2) is 4.98 Å². The third-order valence-electron chi connectivity index (χ3n) is 3.21. The molecule has 1 aromatic heterocycles. The lowest BCUT2D eigenvalue weighted by molar-refractivity contribution is 0.415. The highest BCUT2D eigenvalue weighted by molar-refractivity contribution is 6.32. The Morgan fingerprint density at radius 3 is 2.75 bits per heavy atom. The summed E-state index contributed by atoms with van der Waals surface area (Å²) in [6, 6.07) is 7.75. The summed E-state index contributed by atoms with van der Waals surface area (Å²) in [5.74, 6) is 1.72. The predicted octanol–water partition coefficient (Wildman–Crippen LogP) is 3.02. The van der Waals surface area contributed by atoms with Crippen molar-refractivity contribution in [3.8, 4) is 5.75 Å². The number of anilines is 3. The molecule has 1 heterocycles. The molecule has 104 valence electrons. The summed E-state index contributed by atoms with van der Waals surface area (Å²) < 4.78 is 5.18. The predicted molar refractivity (Wildman–Crippen MR) is 79.6 cm³/mol. The van der Waals surface area contributed by atoms with Crippen LogP contribution < -0.4 is 15.4 Å². The van der Waals surface area contributed by atoms with Gasteiger partial charge in [-0.1, -0.05) is 11.6 Å². The zero-order valence-electron chi connectivity index (χ0n) is 11.1. The summed E-state index contributed by atoms with van der Waals surface area (Å²) >= 11 is 6.20. The van der Waals surface area contributed by atoms with Crippen molar-refractivity contribution >= 4 is 29.1 Å². The summed E-state index contributed by atoms with van der Waals surface area (Å²) in [6.45, 7) is 0. The Kier molecular flexibility index (Phi) is 3.36. The number of halogens is 1. The molecule has 2 N–H and O–H groups in total. The van der Waals surface area contributed by atoms with Crippen LogP contribution in [0.15, 0.2) is 30.5 Å². The largest absolute Gasteiger partial charge is 0.495 e. The third-order valence-corrected chi connectivity index (χ3v) is 3.50. The van der Waals surface area contributed by atoms with E-state index in [0.717, 1.165) is 18.5 Å². The fourth-order valence-electron chi connectivity index (χ4n) is 2.11. The zero-order valence-corrected chi connectivity index (χ0v) is 11.8. The van der Waals surface area contributed by atoms with Crippen LogP contribution in [-0.2, 0) is 0 Å². The number of aromatic nitrogens is 2. The molecule has 0 atom stereocenters. The second kappa shape index (κ2) is 5.17. The van der Waals surface area contributed by atoms with E-state index in [0.29, 0.717) is 28.6 Å². The first kappa shape index (κ1) is 13.0. The SMILES string of the molecule is COc1ccc(N(c2nccc(N)n2)C2CC2)cc1Cl. The van der Waals surface area contributed by atoms with E-state index in [2.05, 4.69) is 14.9 Å². The molecule has 0 amide bonds. The molecule has 20 heavy (non-hydrogen) atoms. The minimum Gasteiger partial charge on any atom is -0.495 e. The van der Waals surface area contributed by atoms with E-state index in [1.165, 1.54) is 0 Å². The van der Waals surface area contributed by atoms with Gasteiger partial charge in [0.25, 0.3) is 0 Å². The van der Waals surface area contributed by atoms with Gasteiger partial charge in [0.2, 0.25) is 5.95 Å². The van der Waals surface area contributed by atoms with Crippen LogP contribution in [0.25, 0.3) is 0 Å². The van der Waals surface area contributed by atoms with Crippen molar-refractivity contribution in [1.82, 2.24) is 9.97 Å². The molecular formula is C14H15ClN4O. The number of benzene rings is 1. The summed E-state index contributed by atoms with van der Waals surface area (Å²) in [7, 11) is 1.60. The van der Waals surface area contributed by atoms with E-state index >= 15 is 0 Å². The van der Waals surface area contributed by atoms with Gasteiger partial charge in [-0.15, -0.1) is 0 Å². The van der Waals surface area contributed by atoms with Crippen LogP contribution in [0, 0.1) is 0 Å². The molecule has 0 aliphatic heterocycles. The Morgan fingerprint density at radius 1 is 1.35 bits per heavy atom. The standard InChI is InChI=1S/C14H15ClN4O/c1-20-12-5-4-10(8-11(12)15)19(9-2-3-9)14-17-7-6-13(16)18-14/h4-9H,2-3H2,1H3,(H2,16,17,18). The lowest BCUT2D eigenvalue weighted by Crippen LogP contribution is -2.22. The van der Waals surface area contributed by atoms with Crippen molar-refractivity contribution < 1.29 is 4.74 Å². The Balaban J connectivity index is 2.01. The molecule has 1 fully saturated rings. The van der Waals surface area contributed by atoms with Crippen molar-refractivity contribution in [2.45, 2.75) is 18.9 Å². The highest BCUT2D eigenvalue weighted by atomic mass is 35.5. The number of nitrogens with zero attached hydrogens (tertiary/aromatic N) is 3. The van der Waals surface area contributed by atoms with E-state index in [1.807, 2.05) is 18.2 Å². The second-order valence-corrected chi connectivity index (χ2v) is 5.11. The normalized spacial score (nSPS) is 14.1. The number of nitrogen functional groups attached to an aromatic ring is 1. The van der Waals surface area contributed by atoms with Crippen molar-refractivity contribution in [3.05, 3.63) is 35.5 Å². The van der Waals surface area contributed by atoms with Gasteiger partial charge in [0.05, 0.1) is 12.1 Å². The Morgan fingerprint density at radius 2 is 2.15 bits per heavy atom. The minimum atomic E-state index is 0.404. The summed E-state index contributed by atoms with van der Waals surface area (Å²) in [5.41, 5.74) is 6.69. The molecule has 0 radical (unpaired) electrons. The zero-order chi connectivity index (χ0) is 14.1. The minimum absolute atomic E-state index is 0.404. The van der Waals surface area contributed by atoms with E-state index in [-0.39, 0.29) is 0 Å². The van der Waals surface area contributed by atoms with Crippen LogP contribution >= 0.6 is 11.6 Å². The summed E-state index contributed by atoms with van der Waals surface area (Å²) in [5, 5.41) is 0.569. The van der Waals surface area contributed by atoms with Crippen molar-refractivity contribution in [1.29, 1.82) is 0 Å². The molecular weight excluding hydrogens is 276 g/mol. The van der Waals surface area contributed by atoms with Gasteiger partial charge in [-0.3, -0.25) is 0 Å². The van der Waals surface area contributed by atoms with Crippen LogP contribution in [0.4, 0.5) is 17.5 Å². The molecule has 2 aromatic rings. The maximum absolute atomic E-state index is 6.20. The number of hydrogen-bond donors (Lipinski definition) is 1. The molecule has 5 nitrogen and oxygen atoms in total. The fraction of sp³-hybridized carbons (Fsp3) is 0.286. The van der Waals surface area contributed by atoms with Gasteiger partial charge < -0.3 is 15.4 Å². The topological polar surface area (TPSA) is 64.3 Å². The maximum atomic E-state index is 6.20. The Bertz CT molecular complexity index is 630. The van der Waals surface area contributed by atoms with E-state index in [9.17, 15) is 0 Å². The summed E-state index contributed by atoms with van der Waals surface area (Å²) in [6.07, 6.45) is 3.89. The Hall–Kier alpha value is -2.01. The second-order valence-electron chi connectivity index (χ2n) is 4.70. The molecule has 1 aliphatic carbocycles. The average molecular weight is 291 g/mol. The monoisotopic (exact) mass is 290 g/mol.